The summed E-state index contributed by atoms with van der Waals surface area (Å²) in [7, 11) is 0. The Hall–Kier alpha value is -0.470. The first kappa shape index (κ1) is 12.0. The van der Waals surface area contributed by atoms with E-state index in [1.165, 1.54) is 2.88 Å². The van der Waals surface area contributed by atoms with Gasteiger partial charge < -0.3 is 5.11 Å². The van der Waals surface area contributed by atoms with Crippen LogP contribution in [0.25, 0.3) is 0 Å². The summed E-state index contributed by atoms with van der Waals surface area (Å²) in [6.45, 7) is 2.86. The maximum Gasteiger partial charge on any atom is 0.123 e. The van der Waals surface area contributed by atoms with Gasteiger partial charge >= 0.3 is 0 Å². The minimum absolute atomic E-state index is 0.624. The summed E-state index contributed by atoms with van der Waals surface area (Å²) >= 11 is 3.87. The maximum atomic E-state index is 10.2. The number of hydrogen-bond donors (Lipinski definition) is 1. The highest BCUT2D eigenvalue weighted by molar-refractivity contribution is 14.1. The lowest BCUT2D eigenvalue weighted by Crippen LogP contribution is -2.09. The van der Waals surface area contributed by atoms with Gasteiger partial charge in [0.05, 0.1) is 14.8 Å². The molecule has 0 saturated carbocycles. The molecule has 2 aromatic rings. The fourth-order valence-corrected chi connectivity index (χ4v) is 2.89. The van der Waals surface area contributed by atoms with Gasteiger partial charge in [-0.1, -0.05) is 12.1 Å². The van der Waals surface area contributed by atoms with E-state index >= 15 is 0 Å². The van der Waals surface area contributed by atoms with Gasteiger partial charge in [-0.15, -0.1) is 16.4 Å². The highest BCUT2D eigenvalue weighted by atomic mass is 127. The van der Waals surface area contributed by atoms with E-state index in [-0.39, 0.29) is 0 Å². The van der Waals surface area contributed by atoms with Crippen LogP contribution in [-0.2, 0) is 6.54 Å². The van der Waals surface area contributed by atoms with Crippen LogP contribution in [0.3, 0.4) is 0 Å². The first-order valence-electron chi connectivity index (χ1n) is 5.02. The standard InChI is InChI=1S/C10H12IN3OS/c1-2-3-14-8(5-12-13-14)10(15)7-4-9(11)16-6-7/h4-6,10,15H,2-3H2,1H3. The number of thiophene rings is 1. The van der Waals surface area contributed by atoms with Crippen molar-refractivity contribution in [1.29, 1.82) is 0 Å². The molecule has 0 aromatic carbocycles. The minimum atomic E-state index is -0.624. The molecule has 0 amide bonds. The molecule has 0 radical (unpaired) electrons. The average Bonchev–Trinajstić information content (AvgIpc) is 2.87. The van der Waals surface area contributed by atoms with E-state index in [4.69, 9.17) is 0 Å². The highest BCUT2D eigenvalue weighted by Crippen LogP contribution is 2.26. The summed E-state index contributed by atoms with van der Waals surface area (Å²) in [5.74, 6) is 0. The Labute approximate surface area is 111 Å². The van der Waals surface area contributed by atoms with Crippen molar-refractivity contribution in [2.75, 3.05) is 0 Å². The Morgan fingerprint density at radius 1 is 1.62 bits per heavy atom. The molecular weight excluding hydrogens is 337 g/mol. The van der Waals surface area contributed by atoms with Gasteiger partial charge in [0.2, 0.25) is 0 Å². The lowest BCUT2D eigenvalue weighted by atomic mass is 10.1. The molecule has 2 aromatic heterocycles. The third-order valence-electron chi connectivity index (χ3n) is 2.27. The van der Waals surface area contributed by atoms with Gasteiger partial charge in [0.1, 0.15) is 6.10 Å². The van der Waals surface area contributed by atoms with Gasteiger partial charge in [0.15, 0.2) is 0 Å². The fraction of sp³-hybridized carbons (Fsp3) is 0.400. The van der Waals surface area contributed by atoms with Gasteiger partial charge in [-0.25, -0.2) is 4.68 Å². The number of halogens is 1. The van der Waals surface area contributed by atoms with Crippen molar-refractivity contribution in [2.45, 2.75) is 26.0 Å². The van der Waals surface area contributed by atoms with Gasteiger partial charge in [-0.05, 0) is 46.0 Å². The molecule has 2 heterocycles. The van der Waals surface area contributed by atoms with E-state index in [0.717, 1.165) is 24.2 Å². The smallest absolute Gasteiger partial charge is 0.123 e. The van der Waals surface area contributed by atoms with E-state index in [1.807, 2.05) is 11.4 Å². The number of aliphatic hydroxyl groups is 1. The highest BCUT2D eigenvalue weighted by Gasteiger charge is 2.17. The zero-order chi connectivity index (χ0) is 11.5. The molecule has 0 aliphatic carbocycles. The second-order valence-electron chi connectivity index (χ2n) is 3.47. The molecule has 0 saturated heterocycles. The van der Waals surface area contributed by atoms with Crippen molar-refractivity contribution in [3.63, 3.8) is 0 Å². The second kappa shape index (κ2) is 5.24. The zero-order valence-electron chi connectivity index (χ0n) is 8.80. The molecule has 6 heteroatoms. The van der Waals surface area contributed by atoms with E-state index in [0.29, 0.717) is 0 Å². The number of aryl methyl sites for hydroxylation is 1. The monoisotopic (exact) mass is 349 g/mol. The molecule has 16 heavy (non-hydrogen) atoms. The van der Waals surface area contributed by atoms with Crippen molar-refractivity contribution in [3.05, 3.63) is 31.8 Å². The van der Waals surface area contributed by atoms with E-state index in [1.54, 1.807) is 22.2 Å². The van der Waals surface area contributed by atoms with Crippen LogP contribution in [0.2, 0.25) is 0 Å². The molecule has 1 unspecified atom stereocenters. The van der Waals surface area contributed by atoms with Crippen LogP contribution in [0.4, 0.5) is 0 Å². The Bertz CT molecular complexity index is 468. The van der Waals surface area contributed by atoms with Crippen molar-refractivity contribution in [2.24, 2.45) is 0 Å². The first-order valence-corrected chi connectivity index (χ1v) is 6.98. The van der Waals surface area contributed by atoms with Gasteiger partial charge in [-0.2, -0.15) is 0 Å². The van der Waals surface area contributed by atoms with Gasteiger partial charge in [0, 0.05) is 6.54 Å². The van der Waals surface area contributed by atoms with Crippen LogP contribution >= 0.6 is 33.9 Å². The van der Waals surface area contributed by atoms with Crippen LogP contribution in [0.5, 0.6) is 0 Å². The SMILES string of the molecule is CCCn1nncc1C(O)c1csc(I)c1. The van der Waals surface area contributed by atoms with Crippen molar-refractivity contribution in [3.8, 4) is 0 Å². The summed E-state index contributed by atoms with van der Waals surface area (Å²) in [5, 5.41) is 20.0. The fourth-order valence-electron chi connectivity index (χ4n) is 1.50. The van der Waals surface area contributed by atoms with Crippen LogP contribution in [0, 0.1) is 2.88 Å². The van der Waals surface area contributed by atoms with E-state index < -0.39 is 6.10 Å². The summed E-state index contributed by atoms with van der Waals surface area (Å²) in [6, 6.07) is 1.99. The topological polar surface area (TPSA) is 50.9 Å². The van der Waals surface area contributed by atoms with Gasteiger partial charge in [-0.3, -0.25) is 0 Å². The van der Waals surface area contributed by atoms with E-state index in [2.05, 4.69) is 39.8 Å². The lowest BCUT2D eigenvalue weighted by molar-refractivity contribution is 0.208. The number of hydrogen-bond acceptors (Lipinski definition) is 4. The molecule has 0 aliphatic rings. The Morgan fingerprint density at radius 2 is 2.44 bits per heavy atom. The second-order valence-corrected chi connectivity index (χ2v) is 6.27. The number of rotatable bonds is 4. The predicted molar refractivity (Wildman–Crippen MR) is 71.4 cm³/mol. The average molecular weight is 349 g/mol. The molecule has 2 rings (SSSR count). The summed E-state index contributed by atoms with van der Waals surface area (Å²) in [5.41, 5.74) is 1.67. The van der Waals surface area contributed by atoms with Crippen molar-refractivity contribution < 1.29 is 5.11 Å². The number of nitrogens with zero attached hydrogens (tertiary/aromatic N) is 3. The molecule has 0 aliphatic heterocycles. The van der Waals surface area contributed by atoms with Crippen LogP contribution in [0.15, 0.2) is 17.6 Å². The Balaban J connectivity index is 2.26. The van der Waals surface area contributed by atoms with Crippen molar-refractivity contribution >= 4 is 33.9 Å². The third-order valence-corrected chi connectivity index (χ3v) is 4.07. The minimum Gasteiger partial charge on any atom is -0.382 e. The summed E-state index contributed by atoms with van der Waals surface area (Å²) in [6.07, 6.45) is 1.98. The van der Waals surface area contributed by atoms with Crippen LogP contribution in [-0.4, -0.2) is 20.1 Å². The molecule has 86 valence electrons. The van der Waals surface area contributed by atoms with Gasteiger partial charge in [0.25, 0.3) is 0 Å². The molecule has 4 nitrogen and oxygen atoms in total. The summed E-state index contributed by atoms with van der Waals surface area (Å²) in [4.78, 5) is 0. The number of aliphatic hydroxyl groups excluding tert-OH is 1. The summed E-state index contributed by atoms with van der Waals surface area (Å²) < 4.78 is 2.93. The predicted octanol–water partition coefficient (Wildman–Crippen LogP) is 2.44. The normalized spacial score (nSPS) is 12.9. The number of aromatic nitrogens is 3. The first-order chi connectivity index (χ1) is 7.72. The molecular formula is C10H12IN3OS. The largest absolute Gasteiger partial charge is 0.382 e. The maximum absolute atomic E-state index is 10.2. The zero-order valence-corrected chi connectivity index (χ0v) is 11.8. The van der Waals surface area contributed by atoms with Crippen molar-refractivity contribution in [1.82, 2.24) is 15.0 Å². The Kier molecular flexibility index (Phi) is 3.93. The lowest BCUT2D eigenvalue weighted by Gasteiger charge is -2.10. The molecule has 0 spiro atoms. The molecule has 0 fully saturated rings. The molecule has 0 bridgehead atoms. The molecule has 1 atom stereocenters. The quantitative estimate of drug-likeness (QED) is 0.863. The van der Waals surface area contributed by atoms with Crippen LogP contribution < -0.4 is 0 Å². The van der Waals surface area contributed by atoms with Crippen LogP contribution in [0.1, 0.15) is 30.7 Å². The molecule has 1 N–H and O–H groups in total. The third kappa shape index (κ3) is 2.44. The van der Waals surface area contributed by atoms with E-state index in [9.17, 15) is 5.11 Å². The Morgan fingerprint density at radius 3 is 3.06 bits per heavy atom.